The molecule has 17 heavy (non-hydrogen) atoms. The second-order valence-corrected chi connectivity index (χ2v) is 4.31. The van der Waals surface area contributed by atoms with Crippen molar-refractivity contribution in [1.29, 1.82) is 0 Å². The molecule has 1 unspecified atom stereocenters. The zero-order chi connectivity index (χ0) is 12.9. The van der Waals surface area contributed by atoms with E-state index in [0.717, 1.165) is 19.3 Å². The number of hydrogen-bond acceptors (Lipinski definition) is 2. The summed E-state index contributed by atoms with van der Waals surface area (Å²) in [6, 6.07) is 0. The molecule has 0 fully saturated rings. The van der Waals surface area contributed by atoms with E-state index in [9.17, 15) is 4.79 Å². The summed E-state index contributed by atoms with van der Waals surface area (Å²) in [7, 11) is 1.46. The van der Waals surface area contributed by atoms with Gasteiger partial charge in [0.15, 0.2) is 6.10 Å². The number of ether oxygens (including phenoxy) is 1. The van der Waals surface area contributed by atoms with Gasteiger partial charge in [-0.25, -0.2) is 4.79 Å². The van der Waals surface area contributed by atoms with Crippen LogP contribution in [-0.4, -0.2) is 24.3 Å². The number of carbonyl (C=O) groups is 1. The third kappa shape index (κ3) is 10.1. The van der Waals surface area contributed by atoms with Gasteiger partial charge in [0.25, 0.3) is 0 Å². The van der Waals surface area contributed by atoms with Crippen LogP contribution < -0.4 is 0 Å². The SMILES string of the molecule is CCCC=CCCCCCCC(OC)C(=O)O. The van der Waals surface area contributed by atoms with Crippen molar-refractivity contribution >= 4 is 5.97 Å². The summed E-state index contributed by atoms with van der Waals surface area (Å²) in [6.07, 6.45) is 12.4. The van der Waals surface area contributed by atoms with E-state index in [-0.39, 0.29) is 0 Å². The number of carboxylic acids is 1. The van der Waals surface area contributed by atoms with E-state index in [1.807, 2.05) is 0 Å². The van der Waals surface area contributed by atoms with Crippen molar-refractivity contribution in [3.63, 3.8) is 0 Å². The van der Waals surface area contributed by atoms with Crippen LogP contribution in [0.25, 0.3) is 0 Å². The van der Waals surface area contributed by atoms with E-state index < -0.39 is 12.1 Å². The lowest BCUT2D eigenvalue weighted by Gasteiger charge is -2.09. The smallest absolute Gasteiger partial charge is 0.332 e. The van der Waals surface area contributed by atoms with Gasteiger partial charge in [0.05, 0.1) is 0 Å². The first-order valence-corrected chi connectivity index (χ1v) is 6.63. The van der Waals surface area contributed by atoms with Crippen LogP contribution in [0.3, 0.4) is 0 Å². The summed E-state index contributed by atoms with van der Waals surface area (Å²) < 4.78 is 4.87. The van der Waals surface area contributed by atoms with Crippen molar-refractivity contribution in [1.82, 2.24) is 0 Å². The first-order valence-electron chi connectivity index (χ1n) is 6.63. The van der Waals surface area contributed by atoms with E-state index in [1.54, 1.807) is 0 Å². The van der Waals surface area contributed by atoms with Crippen molar-refractivity contribution < 1.29 is 14.6 Å². The van der Waals surface area contributed by atoms with E-state index in [1.165, 1.54) is 32.8 Å². The molecule has 0 rings (SSSR count). The molecule has 0 aliphatic rings. The van der Waals surface area contributed by atoms with Gasteiger partial charge in [-0.3, -0.25) is 0 Å². The lowest BCUT2D eigenvalue weighted by Crippen LogP contribution is -2.21. The highest BCUT2D eigenvalue weighted by atomic mass is 16.5. The Bertz CT molecular complexity index is 212. The van der Waals surface area contributed by atoms with Gasteiger partial charge >= 0.3 is 5.97 Å². The molecule has 0 spiro atoms. The molecule has 0 saturated carbocycles. The van der Waals surface area contributed by atoms with Gasteiger partial charge < -0.3 is 9.84 Å². The minimum Gasteiger partial charge on any atom is -0.479 e. The molecule has 3 nitrogen and oxygen atoms in total. The Labute approximate surface area is 105 Å². The summed E-state index contributed by atoms with van der Waals surface area (Å²) >= 11 is 0. The van der Waals surface area contributed by atoms with Gasteiger partial charge in [0.1, 0.15) is 0 Å². The molecule has 1 N–H and O–H groups in total. The minimum absolute atomic E-state index is 0.623. The molecule has 0 aliphatic heterocycles. The first-order chi connectivity index (χ1) is 8.22. The molecule has 0 aromatic carbocycles. The Balaban J connectivity index is 3.31. The van der Waals surface area contributed by atoms with E-state index in [4.69, 9.17) is 9.84 Å². The van der Waals surface area contributed by atoms with Crippen LogP contribution in [0.15, 0.2) is 12.2 Å². The minimum atomic E-state index is -0.852. The number of aliphatic carboxylic acids is 1. The molecule has 0 aromatic rings. The Kier molecular flexibility index (Phi) is 11.1. The van der Waals surface area contributed by atoms with Crippen molar-refractivity contribution in [2.24, 2.45) is 0 Å². The molecule has 0 aromatic heterocycles. The molecule has 100 valence electrons. The highest BCUT2D eigenvalue weighted by Crippen LogP contribution is 2.09. The quantitative estimate of drug-likeness (QED) is 0.443. The molecular formula is C14H26O3. The van der Waals surface area contributed by atoms with E-state index >= 15 is 0 Å². The average molecular weight is 242 g/mol. The largest absolute Gasteiger partial charge is 0.479 e. The van der Waals surface area contributed by atoms with Crippen LogP contribution in [0.5, 0.6) is 0 Å². The summed E-state index contributed by atoms with van der Waals surface area (Å²) in [5.74, 6) is -0.852. The molecule has 0 saturated heterocycles. The van der Waals surface area contributed by atoms with Crippen LogP contribution in [0.1, 0.15) is 58.3 Å². The fraction of sp³-hybridized carbons (Fsp3) is 0.786. The summed E-state index contributed by atoms with van der Waals surface area (Å²) in [4.78, 5) is 10.7. The van der Waals surface area contributed by atoms with Crippen molar-refractivity contribution in [2.75, 3.05) is 7.11 Å². The highest BCUT2D eigenvalue weighted by molar-refractivity contribution is 5.72. The second kappa shape index (κ2) is 11.6. The lowest BCUT2D eigenvalue weighted by molar-refractivity contribution is -0.148. The molecule has 0 aliphatic carbocycles. The highest BCUT2D eigenvalue weighted by Gasteiger charge is 2.14. The Morgan fingerprint density at radius 1 is 1.18 bits per heavy atom. The predicted molar refractivity (Wildman–Crippen MR) is 70.2 cm³/mol. The summed E-state index contributed by atoms with van der Waals surface area (Å²) in [6.45, 7) is 2.18. The normalized spacial score (nSPS) is 13.1. The van der Waals surface area contributed by atoms with Crippen molar-refractivity contribution in [2.45, 2.75) is 64.4 Å². The van der Waals surface area contributed by atoms with Crippen LogP contribution in [0.4, 0.5) is 0 Å². The number of allylic oxidation sites excluding steroid dienone is 2. The Morgan fingerprint density at radius 2 is 1.82 bits per heavy atom. The summed E-state index contributed by atoms with van der Waals surface area (Å²) in [5.41, 5.74) is 0. The monoisotopic (exact) mass is 242 g/mol. The predicted octanol–water partition coefficient (Wildman–Crippen LogP) is 3.78. The van der Waals surface area contributed by atoms with Crippen LogP contribution in [0, 0.1) is 0 Å². The van der Waals surface area contributed by atoms with Crippen molar-refractivity contribution in [3.05, 3.63) is 12.2 Å². The molecule has 1 atom stereocenters. The van der Waals surface area contributed by atoms with Crippen LogP contribution >= 0.6 is 0 Å². The number of hydrogen-bond donors (Lipinski definition) is 1. The number of methoxy groups -OCH3 is 1. The Hall–Kier alpha value is -0.830. The number of unbranched alkanes of at least 4 members (excludes halogenated alkanes) is 5. The number of rotatable bonds is 11. The third-order valence-electron chi connectivity index (χ3n) is 2.77. The fourth-order valence-electron chi connectivity index (χ4n) is 1.69. The van der Waals surface area contributed by atoms with Gasteiger partial charge in [-0.15, -0.1) is 0 Å². The maximum absolute atomic E-state index is 10.7. The maximum atomic E-state index is 10.7. The first kappa shape index (κ1) is 16.2. The lowest BCUT2D eigenvalue weighted by atomic mass is 10.1. The zero-order valence-corrected chi connectivity index (χ0v) is 11.2. The molecule has 3 heteroatoms. The van der Waals surface area contributed by atoms with Crippen LogP contribution in [0.2, 0.25) is 0 Å². The number of carboxylic acid groups (broad SMARTS) is 1. The van der Waals surface area contributed by atoms with Crippen LogP contribution in [-0.2, 0) is 9.53 Å². The zero-order valence-electron chi connectivity index (χ0n) is 11.2. The van der Waals surface area contributed by atoms with Gasteiger partial charge in [-0.2, -0.15) is 0 Å². The molecule has 0 bridgehead atoms. The molecule has 0 radical (unpaired) electrons. The topological polar surface area (TPSA) is 46.5 Å². The third-order valence-corrected chi connectivity index (χ3v) is 2.77. The van der Waals surface area contributed by atoms with Gasteiger partial charge in [-0.1, -0.05) is 44.8 Å². The average Bonchev–Trinajstić information content (AvgIpc) is 2.31. The second-order valence-electron chi connectivity index (χ2n) is 4.31. The van der Waals surface area contributed by atoms with E-state index in [0.29, 0.717) is 6.42 Å². The standard InChI is InChI=1S/C14H26O3/c1-3-4-5-6-7-8-9-10-11-12-13(17-2)14(15)16/h5-6,13H,3-4,7-12H2,1-2H3,(H,15,16). The molecule has 0 amide bonds. The maximum Gasteiger partial charge on any atom is 0.332 e. The Morgan fingerprint density at radius 3 is 2.41 bits per heavy atom. The van der Waals surface area contributed by atoms with Crippen molar-refractivity contribution in [3.8, 4) is 0 Å². The van der Waals surface area contributed by atoms with Gasteiger partial charge in [0, 0.05) is 7.11 Å². The van der Waals surface area contributed by atoms with Gasteiger partial charge in [-0.05, 0) is 25.7 Å². The van der Waals surface area contributed by atoms with E-state index in [2.05, 4.69) is 19.1 Å². The molecular weight excluding hydrogens is 216 g/mol. The summed E-state index contributed by atoms with van der Waals surface area (Å²) in [5, 5.41) is 8.76. The van der Waals surface area contributed by atoms with Gasteiger partial charge in [0.2, 0.25) is 0 Å². The fourth-order valence-corrected chi connectivity index (χ4v) is 1.69. The molecule has 0 heterocycles.